The zero-order valence-corrected chi connectivity index (χ0v) is 20.0. The van der Waals surface area contributed by atoms with Gasteiger partial charge in [-0.3, -0.25) is 9.05 Å². The Bertz CT molecular complexity index is 539. The van der Waals surface area contributed by atoms with Crippen molar-refractivity contribution in [2.24, 2.45) is 4.76 Å². The van der Waals surface area contributed by atoms with Gasteiger partial charge < -0.3 is 19.6 Å². The largest absolute Gasteiger partial charge is 0.458 e. The first-order valence-electron chi connectivity index (χ1n) is 10.3. The van der Waals surface area contributed by atoms with Gasteiger partial charge in [-0.2, -0.15) is 0 Å². The fourth-order valence-corrected chi connectivity index (χ4v) is 5.18. The van der Waals surface area contributed by atoms with E-state index in [4.69, 9.17) is 13.8 Å². The Morgan fingerprint density at radius 3 is 1.32 bits per heavy atom. The van der Waals surface area contributed by atoms with Crippen LogP contribution >= 0.6 is 7.75 Å². The number of hydrogen-bond acceptors (Lipinski definition) is 5. The summed E-state index contributed by atoms with van der Waals surface area (Å²) in [5.74, 6) is 0.748. The zero-order valence-electron chi connectivity index (χ0n) is 19.1. The second kappa shape index (κ2) is 9.00. The van der Waals surface area contributed by atoms with Gasteiger partial charge in [0.15, 0.2) is 0 Å². The molecule has 2 heterocycles. The summed E-state index contributed by atoms with van der Waals surface area (Å²) in [7, 11) is 0.546. The summed E-state index contributed by atoms with van der Waals surface area (Å²) in [6.45, 7) is 18.5. The number of guanidine groups is 1. The first kappa shape index (κ1) is 23.6. The SMILES string of the molecule is CN1CCN(C(=NP(=O)(OC(C)(C)C)OC(C)(C)C)N2CCN(C)CC2)CC1. The quantitative estimate of drug-likeness (QED) is 0.397. The molecule has 28 heavy (non-hydrogen) atoms. The Morgan fingerprint density at radius 1 is 0.714 bits per heavy atom. The van der Waals surface area contributed by atoms with Crippen LogP contribution in [0.4, 0.5) is 0 Å². The van der Waals surface area contributed by atoms with Gasteiger partial charge in [0.25, 0.3) is 0 Å². The molecule has 2 saturated heterocycles. The van der Waals surface area contributed by atoms with Crippen molar-refractivity contribution in [2.45, 2.75) is 52.7 Å². The van der Waals surface area contributed by atoms with Crippen molar-refractivity contribution in [1.82, 2.24) is 19.6 Å². The van der Waals surface area contributed by atoms with Crippen LogP contribution < -0.4 is 0 Å². The maximum atomic E-state index is 13.8. The van der Waals surface area contributed by atoms with Crippen LogP contribution in [0.25, 0.3) is 0 Å². The first-order chi connectivity index (χ1) is 12.8. The summed E-state index contributed by atoms with van der Waals surface area (Å²) < 4.78 is 30.3. The molecule has 0 N–H and O–H groups in total. The van der Waals surface area contributed by atoms with Crippen molar-refractivity contribution in [3.8, 4) is 0 Å². The third kappa shape index (κ3) is 7.64. The Hall–Kier alpha value is -0.660. The van der Waals surface area contributed by atoms with Crippen molar-refractivity contribution in [3.63, 3.8) is 0 Å². The second-order valence-corrected chi connectivity index (χ2v) is 11.4. The molecule has 0 aromatic carbocycles. The minimum atomic E-state index is -3.70. The molecule has 0 amide bonds. The smallest absolute Gasteiger partial charge is 0.340 e. The molecule has 0 bridgehead atoms. The van der Waals surface area contributed by atoms with Crippen molar-refractivity contribution in [3.05, 3.63) is 0 Å². The number of likely N-dealkylation sites (N-methyl/N-ethyl adjacent to an activating group) is 2. The zero-order chi connectivity index (χ0) is 21.2. The lowest BCUT2D eigenvalue weighted by atomic mass is 10.2. The first-order valence-corrected chi connectivity index (χ1v) is 11.7. The van der Waals surface area contributed by atoms with Crippen LogP contribution in [-0.2, 0) is 13.6 Å². The molecule has 0 spiro atoms. The van der Waals surface area contributed by atoms with Gasteiger partial charge >= 0.3 is 7.75 Å². The van der Waals surface area contributed by atoms with Gasteiger partial charge in [0, 0.05) is 52.4 Å². The van der Waals surface area contributed by atoms with Gasteiger partial charge in [-0.15, -0.1) is 4.76 Å². The molecule has 2 aliphatic rings. The van der Waals surface area contributed by atoms with Gasteiger partial charge in [0.2, 0.25) is 5.96 Å². The second-order valence-electron chi connectivity index (χ2n) is 9.86. The van der Waals surface area contributed by atoms with Crippen molar-refractivity contribution >= 4 is 13.7 Å². The van der Waals surface area contributed by atoms with Gasteiger partial charge in [-0.25, -0.2) is 4.57 Å². The van der Waals surface area contributed by atoms with E-state index in [1.807, 2.05) is 41.5 Å². The number of piperazine rings is 2. The lowest BCUT2D eigenvalue weighted by Crippen LogP contribution is -2.56. The average molecular weight is 418 g/mol. The van der Waals surface area contributed by atoms with Crippen LogP contribution in [0, 0.1) is 0 Å². The molecule has 2 aliphatic heterocycles. The van der Waals surface area contributed by atoms with E-state index < -0.39 is 18.9 Å². The van der Waals surface area contributed by atoms with Crippen LogP contribution in [0.3, 0.4) is 0 Å². The van der Waals surface area contributed by atoms with Crippen molar-refractivity contribution in [2.75, 3.05) is 66.5 Å². The summed E-state index contributed by atoms with van der Waals surface area (Å²) in [5, 5.41) is 0. The third-order valence-corrected chi connectivity index (χ3v) is 6.54. The highest BCUT2D eigenvalue weighted by Crippen LogP contribution is 2.56. The standard InChI is InChI=1S/C19H40N5O3P/c1-18(2,3)26-28(25,27-19(4,5)6)20-17(23-13-9-21(7)10-14-23)24-15-11-22(8)12-16-24/h9-16H2,1-8H3. The third-order valence-electron chi connectivity index (χ3n) is 4.56. The summed E-state index contributed by atoms with van der Waals surface area (Å²) >= 11 is 0. The Labute approximate surface area is 171 Å². The molecule has 8 nitrogen and oxygen atoms in total. The summed E-state index contributed by atoms with van der Waals surface area (Å²) in [5.41, 5.74) is -1.25. The molecule has 0 saturated carbocycles. The normalized spacial score (nSPS) is 21.1. The molecule has 0 unspecified atom stereocenters. The predicted molar refractivity (Wildman–Crippen MR) is 115 cm³/mol. The van der Waals surface area contributed by atoms with Gasteiger partial charge in [-0.05, 0) is 55.6 Å². The number of hydrogen-bond donors (Lipinski definition) is 0. The van der Waals surface area contributed by atoms with E-state index in [1.54, 1.807) is 0 Å². The van der Waals surface area contributed by atoms with Gasteiger partial charge in [0.1, 0.15) is 0 Å². The van der Waals surface area contributed by atoms with Crippen LogP contribution in [-0.4, -0.2) is 103 Å². The molecule has 2 fully saturated rings. The molecule has 0 aliphatic carbocycles. The highest BCUT2D eigenvalue weighted by molar-refractivity contribution is 7.52. The van der Waals surface area contributed by atoms with E-state index in [0.29, 0.717) is 0 Å². The van der Waals surface area contributed by atoms with Gasteiger partial charge in [0.05, 0.1) is 11.2 Å². The van der Waals surface area contributed by atoms with E-state index in [2.05, 4.69) is 33.7 Å². The average Bonchev–Trinajstić information content (AvgIpc) is 2.51. The molecule has 0 radical (unpaired) electrons. The fraction of sp³-hybridized carbons (Fsp3) is 0.947. The monoisotopic (exact) mass is 417 g/mol. The summed E-state index contributed by atoms with van der Waals surface area (Å²) in [6, 6.07) is 0. The molecule has 0 aromatic heterocycles. The van der Waals surface area contributed by atoms with Crippen LogP contribution in [0.1, 0.15) is 41.5 Å². The summed E-state index contributed by atoms with van der Waals surface area (Å²) in [6.07, 6.45) is 0. The van der Waals surface area contributed by atoms with Crippen molar-refractivity contribution < 1.29 is 13.6 Å². The molecule has 0 aromatic rings. The Morgan fingerprint density at radius 2 is 1.04 bits per heavy atom. The van der Waals surface area contributed by atoms with Crippen LogP contribution in [0.15, 0.2) is 4.76 Å². The van der Waals surface area contributed by atoms with Crippen LogP contribution in [0.2, 0.25) is 0 Å². The maximum Gasteiger partial charge on any atom is 0.458 e. The minimum Gasteiger partial charge on any atom is -0.340 e. The van der Waals surface area contributed by atoms with Crippen molar-refractivity contribution in [1.29, 1.82) is 0 Å². The van der Waals surface area contributed by atoms with E-state index in [-0.39, 0.29) is 0 Å². The fourth-order valence-electron chi connectivity index (χ4n) is 3.20. The molecule has 164 valence electrons. The molecule has 0 atom stereocenters. The highest BCUT2D eigenvalue weighted by atomic mass is 31.2. The predicted octanol–water partition coefficient (Wildman–Crippen LogP) is 2.58. The van der Waals surface area contributed by atoms with E-state index in [0.717, 1.165) is 58.3 Å². The number of nitrogens with zero attached hydrogens (tertiary/aromatic N) is 5. The lowest BCUT2D eigenvalue weighted by molar-refractivity contribution is 0.0490. The lowest BCUT2D eigenvalue weighted by Gasteiger charge is -2.42. The highest BCUT2D eigenvalue weighted by Gasteiger charge is 2.38. The molecular weight excluding hydrogens is 377 g/mol. The van der Waals surface area contributed by atoms with E-state index in [1.165, 1.54) is 0 Å². The topological polar surface area (TPSA) is 60.9 Å². The van der Waals surface area contributed by atoms with E-state index in [9.17, 15) is 4.57 Å². The molecule has 2 rings (SSSR count). The molecular formula is C19H40N5O3P. The Kier molecular flexibility index (Phi) is 7.59. The molecule has 9 heteroatoms. The minimum absolute atomic E-state index is 0.625. The number of rotatable bonds is 3. The Balaban J connectivity index is 2.38. The maximum absolute atomic E-state index is 13.8. The summed E-state index contributed by atoms with van der Waals surface area (Å²) in [4.78, 5) is 9.07. The van der Waals surface area contributed by atoms with E-state index >= 15 is 0 Å². The van der Waals surface area contributed by atoms with Gasteiger partial charge in [-0.1, -0.05) is 0 Å². The van der Waals surface area contributed by atoms with Crippen LogP contribution in [0.5, 0.6) is 0 Å².